The topological polar surface area (TPSA) is 60.3 Å². The maximum atomic E-state index is 13.7. The van der Waals surface area contributed by atoms with Crippen LogP contribution in [-0.2, 0) is 11.2 Å². The monoisotopic (exact) mass is 346 g/mol. The molecule has 6 nitrogen and oxygen atoms in total. The minimum absolute atomic E-state index is 0.110. The number of nitrogens with zero attached hydrogens (tertiary/aromatic N) is 4. The molecule has 1 saturated heterocycles. The van der Waals surface area contributed by atoms with Crippen LogP contribution in [0.15, 0.2) is 24.5 Å². The zero-order valence-corrected chi connectivity index (χ0v) is 14.6. The highest BCUT2D eigenvalue weighted by Gasteiger charge is 2.26. The Kier molecular flexibility index (Phi) is 5.43. The van der Waals surface area contributed by atoms with Gasteiger partial charge in [0.15, 0.2) is 0 Å². The van der Waals surface area contributed by atoms with Gasteiger partial charge in [-0.3, -0.25) is 4.79 Å². The third-order valence-corrected chi connectivity index (χ3v) is 4.74. The van der Waals surface area contributed by atoms with E-state index in [9.17, 15) is 9.18 Å². The molecule has 1 aromatic heterocycles. The molecule has 0 aliphatic carbocycles. The van der Waals surface area contributed by atoms with Gasteiger partial charge in [-0.2, -0.15) is 0 Å². The number of carbonyl (C=O) groups is 1. The van der Waals surface area contributed by atoms with Gasteiger partial charge in [0.25, 0.3) is 5.91 Å². The number of benzene rings is 1. The lowest BCUT2D eigenvalue weighted by atomic mass is 10.0. The third-order valence-electron chi connectivity index (χ3n) is 4.74. The first-order valence-corrected chi connectivity index (χ1v) is 8.53. The van der Waals surface area contributed by atoms with Crippen LogP contribution < -0.4 is 0 Å². The van der Waals surface area contributed by atoms with Crippen molar-refractivity contribution in [3.05, 3.63) is 47.3 Å². The molecule has 0 unspecified atom stereocenters. The number of ether oxygens (including phenoxy) is 1. The number of hydrogen-bond acceptors (Lipinski definition) is 4. The summed E-state index contributed by atoms with van der Waals surface area (Å²) >= 11 is 0. The summed E-state index contributed by atoms with van der Waals surface area (Å²) in [6.07, 6.45) is 4.14. The Bertz CT molecular complexity index is 738. The third kappa shape index (κ3) is 3.87. The number of piperidine rings is 1. The number of methoxy groups -OCH3 is 1. The Morgan fingerprint density at radius 2 is 2.12 bits per heavy atom. The fourth-order valence-electron chi connectivity index (χ4n) is 3.20. The SMILES string of the molecule is COCCc1nncn1C1CCN(C(=O)c2ccc(C)c(F)c2)CC1. The highest BCUT2D eigenvalue weighted by Crippen LogP contribution is 2.25. The largest absolute Gasteiger partial charge is 0.384 e. The standard InChI is InChI=1S/C18H23FN4O2/c1-13-3-4-14(11-16(13)19)18(24)22-8-5-15(6-9-22)23-12-20-21-17(23)7-10-25-2/h3-4,11-12,15H,5-10H2,1-2H3. The number of hydrogen-bond donors (Lipinski definition) is 0. The number of likely N-dealkylation sites (tertiary alicyclic amines) is 1. The van der Waals surface area contributed by atoms with Crippen LogP contribution in [-0.4, -0.2) is 52.4 Å². The number of carbonyl (C=O) groups excluding carboxylic acids is 1. The Balaban J connectivity index is 1.62. The molecule has 7 heteroatoms. The Morgan fingerprint density at radius 3 is 2.80 bits per heavy atom. The van der Waals surface area contributed by atoms with Gasteiger partial charge in [0.05, 0.1) is 6.61 Å². The van der Waals surface area contributed by atoms with Crippen molar-refractivity contribution < 1.29 is 13.9 Å². The van der Waals surface area contributed by atoms with Crippen LogP contribution in [0.2, 0.25) is 0 Å². The lowest BCUT2D eigenvalue weighted by Gasteiger charge is -2.33. The zero-order valence-electron chi connectivity index (χ0n) is 14.6. The van der Waals surface area contributed by atoms with E-state index >= 15 is 0 Å². The number of aromatic nitrogens is 3. The Morgan fingerprint density at radius 1 is 1.36 bits per heavy atom. The van der Waals surface area contributed by atoms with Crippen LogP contribution in [0, 0.1) is 12.7 Å². The molecule has 3 rings (SSSR count). The highest BCUT2D eigenvalue weighted by molar-refractivity contribution is 5.94. The average molecular weight is 346 g/mol. The van der Waals surface area contributed by atoms with Crippen molar-refractivity contribution in [3.63, 3.8) is 0 Å². The first-order valence-electron chi connectivity index (χ1n) is 8.53. The highest BCUT2D eigenvalue weighted by atomic mass is 19.1. The second-order valence-corrected chi connectivity index (χ2v) is 6.38. The van der Waals surface area contributed by atoms with E-state index in [1.807, 2.05) is 0 Å². The molecule has 1 aromatic carbocycles. The summed E-state index contributed by atoms with van der Waals surface area (Å²) in [6.45, 7) is 3.58. The molecule has 0 atom stereocenters. The van der Waals surface area contributed by atoms with Crippen LogP contribution in [0.3, 0.4) is 0 Å². The molecule has 0 spiro atoms. The van der Waals surface area contributed by atoms with Crippen molar-refractivity contribution in [1.82, 2.24) is 19.7 Å². The normalized spacial score (nSPS) is 15.6. The van der Waals surface area contributed by atoms with Crippen molar-refractivity contribution in [2.45, 2.75) is 32.2 Å². The molecule has 2 heterocycles. The van der Waals surface area contributed by atoms with Crippen LogP contribution in [0.4, 0.5) is 4.39 Å². The Hall–Kier alpha value is -2.28. The van der Waals surface area contributed by atoms with E-state index in [0.29, 0.717) is 30.8 Å². The van der Waals surface area contributed by atoms with Crippen molar-refractivity contribution in [1.29, 1.82) is 0 Å². The average Bonchev–Trinajstić information content (AvgIpc) is 3.10. The van der Waals surface area contributed by atoms with E-state index in [4.69, 9.17) is 4.74 Å². The van der Waals surface area contributed by atoms with Crippen molar-refractivity contribution in [2.24, 2.45) is 0 Å². The first kappa shape index (κ1) is 17.5. The van der Waals surface area contributed by atoms with E-state index in [-0.39, 0.29) is 17.8 Å². The summed E-state index contributed by atoms with van der Waals surface area (Å²) < 4.78 is 20.9. The molecule has 0 bridgehead atoms. The van der Waals surface area contributed by atoms with Crippen LogP contribution in [0.1, 0.15) is 40.6 Å². The number of amides is 1. The van der Waals surface area contributed by atoms with Gasteiger partial charge in [0, 0.05) is 38.2 Å². The van der Waals surface area contributed by atoms with Gasteiger partial charge in [0.2, 0.25) is 0 Å². The van der Waals surface area contributed by atoms with Crippen LogP contribution in [0.5, 0.6) is 0 Å². The van der Waals surface area contributed by atoms with E-state index in [0.717, 1.165) is 25.1 Å². The number of aryl methyl sites for hydroxylation is 1. The van der Waals surface area contributed by atoms with Gasteiger partial charge in [-0.25, -0.2) is 4.39 Å². The summed E-state index contributed by atoms with van der Waals surface area (Å²) in [6, 6.07) is 4.94. The fraction of sp³-hybridized carbons (Fsp3) is 0.500. The van der Waals surface area contributed by atoms with Gasteiger partial charge in [-0.1, -0.05) is 6.07 Å². The van der Waals surface area contributed by atoms with Gasteiger partial charge >= 0.3 is 0 Å². The molecule has 1 amide bonds. The quantitative estimate of drug-likeness (QED) is 0.834. The predicted molar refractivity (Wildman–Crippen MR) is 90.9 cm³/mol. The molecular formula is C18H23FN4O2. The summed E-state index contributed by atoms with van der Waals surface area (Å²) in [5.41, 5.74) is 0.957. The van der Waals surface area contributed by atoms with Gasteiger partial charge in [-0.15, -0.1) is 10.2 Å². The summed E-state index contributed by atoms with van der Waals surface area (Å²) in [7, 11) is 1.67. The van der Waals surface area contributed by atoms with Gasteiger partial charge in [-0.05, 0) is 37.5 Å². The second kappa shape index (κ2) is 7.74. The van der Waals surface area contributed by atoms with Crippen LogP contribution >= 0.6 is 0 Å². The zero-order chi connectivity index (χ0) is 17.8. The Labute approximate surface area is 146 Å². The van der Waals surface area contributed by atoms with Gasteiger partial charge < -0.3 is 14.2 Å². The summed E-state index contributed by atoms with van der Waals surface area (Å²) in [5.74, 6) is 0.459. The molecule has 0 saturated carbocycles. The maximum absolute atomic E-state index is 13.7. The van der Waals surface area contributed by atoms with Gasteiger partial charge in [0.1, 0.15) is 18.0 Å². The van der Waals surface area contributed by atoms with E-state index < -0.39 is 0 Å². The predicted octanol–water partition coefficient (Wildman–Crippen LogP) is 2.39. The van der Waals surface area contributed by atoms with Crippen molar-refractivity contribution >= 4 is 5.91 Å². The maximum Gasteiger partial charge on any atom is 0.253 e. The minimum atomic E-state index is -0.340. The van der Waals surface area contributed by atoms with E-state index in [2.05, 4.69) is 14.8 Å². The summed E-state index contributed by atoms with van der Waals surface area (Å²) in [5, 5.41) is 8.16. The first-order chi connectivity index (χ1) is 12.1. The molecular weight excluding hydrogens is 323 g/mol. The molecule has 0 radical (unpaired) electrons. The van der Waals surface area contributed by atoms with Crippen LogP contribution in [0.25, 0.3) is 0 Å². The molecule has 1 aliphatic rings. The lowest BCUT2D eigenvalue weighted by Crippen LogP contribution is -2.39. The molecule has 1 aliphatic heterocycles. The van der Waals surface area contributed by atoms with Crippen molar-refractivity contribution in [2.75, 3.05) is 26.8 Å². The lowest BCUT2D eigenvalue weighted by molar-refractivity contribution is 0.0692. The number of rotatable bonds is 5. The smallest absolute Gasteiger partial charge is 0.253 e. The fourth-order valence-corrected chi connectivity index (χ4v) is 3.20. The second-order valence-electron chi connectivity index (χ2n) is 6.38. The summed E-state index contributed by atoms with van der Waals surface area (Å²) in [4.78, 5) is 14.4. The number of halogens is 1. The molecule has 0 N–H and O–H groups in total. The van der Waals surface area contributed by atoms with Crippen molar-refractivity contribution in [3.8, 4) is 0 Å². The minimum Gasteiger partial charge on any atom is -0.384 e. The molecule has 1 fully saturated rings. The van der Waals surface area contributed by atoms with E-state index in [1.54, 1.807) is 37.4 Å². The molecule has 134 valence electrons. The molecule has 2 aromatic rings. The molecule has 25 heavy (non-hydrogen) atoms. The van der Waals surface area contributed by atoms with E-state index in [1.165, 1.54) is 6.07 Å².